The van der Waals surface area contributed by atoms with E-state index in [-0.39, 0.29) is 17.9 Å². The van der Waals surface area contributed by atoms with Crippen LogP contribution in [-0.4, -0.2) is 43.2 Å². The van der Waals surface area contributed by atoms with Crippen molar-refractivity contribution in [3.8, 4) is 6.07 Å². The summed E-state index contributed by atoms with van der Waals surface area (Å²) in [5.41, 5.74) is 1.56. The predicted octanol–water partition coefficient (Wildman–Crippen LogP) is 6.72. The second-order valence-electron chi connectivity index (χ2n) is 12.6. The fourth-order valence-corrected chi connectivity index (χ4v) is 5.43. The number of nitriles is 1. The fraction of sp³-hybridized carbons (Fsp3) is 0.516. The molecule has 0 aromatic heterocycles. The number of hydrogen-bond donors (Lipinski definition) is 2. The Kier molecular flexibility index (Phi) is 10.9. The maximum absolute atomic E-state index is 13.0. The Bertz CT molecular complexity index is 1150. The van der Waals surface area contributed by atoms with Crippen molar-refractivity contribution in [1.82, 2.24) is 5.32 Å². The van der Waals surface area contributed by atoms with Crippen LogP contribution in [0.5, 0.6) is 0 Å². The second-order valence-corrected chi connectivity index (χ2v) is 17.4. The fourth-order valence-electron chi connectivity index (χ4n) is 4.06. The number of amides is 1. The van der Waals surface area contributed by atoms with Gasteiger partial charge in [0.05, 0.1) is 29.7 Å². The number of carbonyl (C=O) groups excluding carboxylic acids is 1. The number of carboxylic acid groups (broad SMARTS) is 1. The molecule has 2 aromatic carbocycles. The molecule has 0 aliphatic rings. The smallest absolute Gasteiger partial charge is 0.407 e. The maximum atomic E-state index is 13.0. The Morgan fingerprint density at radius 3 is 2.13 bits per heavy atom. The van der Waals surface area contributed by atoms with Gasteiger partial charge in [-0.15, -0.1) is 0 Å². The molecule has 2 N–H and O–H groups in total. The lowest BCUT2D eigenvalue weighted by Gasteiger charge is -2.42. The summed E-state index contributed by atoms with van der Waals surface area (Å²) in [6.07, 6.45) is -0.270. The highest BCUT2D eigenvalue weighted by molar-refractivity contribution is 6.74. The van der Waals surface area contributed by atoms with E-state index in [1.165, 1.54) is 0 Å². The number of ether oxygens (including phenoxy) is 1. The summed E-state index contributed by atoms with van der Waals surface area (Å²) in [6.45, 7) is 16.1. The molecule has 3 unspecified atom stereocenters. The summed E-state index contributed by atoms with van der Waals surface area (Å²) in [5.74, 6) is -1.73. The first kappa shape index (κ1) is 32.1. The van der Waals surface area contributed by atoms with Gasteiger partial charge in [-0.1, -0.05) is 63.2 Å². The third-order valence-corrected chi connectivity index (χ3v) is 11.6. The molecular formula is C31H44N2O5Si. The normalized spacial score (nSPS) is 14.5. The first-order valence-corrected chi connectivity index (χ1v) is 16.3. The highest BCUT2D eigenvalue weighted by Crippen LogP contribution is 2.39. The first-order chi connectivity index (χ1) is 18.0. The quantitative estimate of drug-likeness (QED) is 0.300. The van der Waals surface area contributed by atoms with Crippen molar-refractivity contribution in [2.75, 3.05) is 0 Å². The number of rotatable bonds is 11. The van der Waals surface area contributed by atoms with Gasteiger partial charge in [-0.3, -0.25) is 4.79 Å². The summed E-state index contributed by atoms with van der Waals surface area (Å²) >= 11 is 0. The minimum absolute atomic E-state index is 0.131. The van der Waals surface area contributed by atoms with Gasteiger partial charge >= 0.3 is 12.1 Å². The van der Waals surface area contributed by atoms with Crippen LogP contribution in [0.25, 0.3) is 0 Å². The van der Waals surface area contributed by atoms with E-state index in [1.807, 2.05) is 36.4 Å². The Hall–Kier alpha value is -3.15. The molecule has 0 aliphatic carbocycles. The largest absolute Gasteiger partial charge is 0.481 e. The maximum Gasteiger partial charge on any atom is 0.407 e. The monoisotopic (exact) mass is 552 g/mol. The van der Waals surface area contributed by atoms with Crippen molar-refractivity contribution in [3.63, 3.8) is 0 Å². The highest BCUT2D eigenvalue weighted by Gasteiger charge is 2.42. The number of alkyl carbamates (subject to hydrolysis) is 1. The minimum Gasteiger partial charge on any atom is -0.481 e. The van der Waals surface area contributed by atoms with Crippen LogP contribution in [0.2, 0.25) is 18.1 Å². The summed E-state index contributed by atoms with van der Waals surface area (Å²) in [6, 6.07) is 18.4. The lowest BCUT2D eigenvalue weighted by Crippen LogP contribution is -2.54. The van der Waals surface area contributed by atoms with E-state index in [9.17, 15) is 20.0 Å². The zero-order chi connectivity index (χ0) is 29.4. The van der Waals surface area contributed by atoms with Gasteiger partial charge in [0.15, 0.2) is 8.32 Å². The summed E-state index contributed by atoms with van der Waals surface area (Å²) in [5, 5.41) is 22.4. The van der Waals surface area contributed by atoms with E-state index in [2.05, 4.69) is 45.3 Å². The summed E-state index contributed by atoms with van der Waals surface area (Å²) < 4.78 is 12.5. The molecule has 0 spiro atoms. The molecular weight excluding hydrogens is 508 g/mol. The van der Waals surface area contributed by atoms with Crippen LogP contribution in [0, 0.1) is 17.2 Å². The van der Waals surface area contributed by atoms with Crippen LogP contribution in [0.1, 0.15) is 64.7 Å². The van der Waals surface area contributed by atoms with Gasteiger partial charge in [-0.25, -0.2) is 4.79 Å². The zero-order valence-electron chi connectivity index (χ0n) is 24.6. The van der Waals surface area contributed by atoms with Crippen LogP contribution in [0.15, 0.2) is 54.6 Å². The van der Waals surface area contributed by atoms with Crippen molar-refractivity contribution in [1.29, 1.82) is 5.26 Å². The van der Waals surface area contributed by atoms with E-state index in [0.29, 0.717) is 12.0 Å². The second kappa shape index (κ2) is 13.3. The molecule has 1 amide bonds. The number of nitrogens with zero attached hydrogens (tertiary/aromatic N) is 1. The molecule has 0 radical (unpaired) electrons. The number of carboxylic acids is 1. The molecule has 0 saturated heterocycles. The van der Waals surface area contributed by atoms with Crippen molar-refractivity contribution >= 4 is 20.4 Å². The summed E-state index contributed by atoms with van der Waals surface area (Å²) in [7, 11) is -2.38. The lowest BCUT2D eigenvalue weighted by molar-refractivity contribution is -0.142. The molecule has 3 atom stereocenters. The van der Waals surface area contributed by atoms with E-state index in [4.69, 9.17) is 9.16 Å². The van der Waals surface area contributed by atoms with Crippen LogP contribution >= 0.6 is 0 Å². The summed E-state index contributed by atoms with van der Waals surface area (Å²) in [4.78, 5) is 25.5. The Balaban J connectivity index is 2.50. The van der Waals surface area contributed by atoms with Gasteiger partial charge < -0.3 is 19.6 Å². The average Bonchev–Trinajstić information content (AvgIpc) is 2.81. The number of aliphatic carboxylic acids is 1. The van der Waals surface area contributed by atoms with Gasteiger partial charge in [0.25, 0.3) is 0 Å². The highest BCUT2D eigenvalue weighted by atomic mass is 28.4. The SMILES string of the molecule is CC(C)(C)OC(=O)NC(Cc1ccccc1)C(CC(Cc1cccc(C#N)c1)C(=O)O)O[Si](C)(C)C(C)(C)C. The predicted molar refractivity (Wildman–Crippen MR) is 156 cm³/mol. The zero-order valence-corrected chi connectivity index (χ0v) is 25.6. The van der Waals surface area contributed by atoms with E-state index < -0.39 is 44.0 Å². The van der Waals surface area contributed by atoms with Gasteiger partial charge in [0, 0.05) is 0 Å². The van der Waals surface area contributed by atoms with Crippen molar-refractivity contribution in [2.45, 2.75) is 96.7 Å². The molecule has 2 rings (SSSR count). The molecule has 0 fully saturated rings. The molecule has 7 nitrogen and oxygen atoms in total. The van der Waals surface area contributed by atoms with Crippen LogP contribution in [0.4, 0.5) is 4.79 Å². The Labute approximate surface area is 234 Å². The van der Waals surface area contributed by atoms with Gasteiger partial charge in [-0.2, -0.15) is 5.26 Å². The molecule has 8 heteroatoms. The van der Waals surface area contributed by atoms with Crippen molar-refractivity contribution in [3.05, 3.63) is 71.3 Å². The number of benzene rings is 2. The van der Waals surface area contributed by atoms with Crippen LogP contribution in [0.3, 0.4) is 0 Å². The molecule has 2 aromatic rings. The number of carbonyl (C=O) groups is 2. The van der Waals surface area contributed by atoms with Crippen LogP contribution in [-0.2, 0) is 26.8 Å². The van der Waals surface area contributed by atoms with E-state index >= 15 is 0 Å². The first-order valence-electron chi connectivity index (χ1n) is 13.4. The van der Waals surface area contributed by atoms with E-state index in [1.54, 1.807) is 39.0 Å². The third kappa shape index (κ3) is 10.5. The molecule has 39 heavy (non-hydrogen) atoms. The Morgan fingerprint density at radius 1 is 0.974 bits per heavy atom. The number of hydrogen-bond acceptors (Lipinski definition) is 5. The number of nitrogens with one attached hydrogen (secondary N) is 1. The lowest BCUT2D eigenvalue weighted by atomic mass is 9.89. The molecule has 212 valence electrons. The van der Waals surface area contributed by atoms with Gasteiger partial charge in [0.1, 0.15) is 5.60 Å². The topological polar surface area (TPSA) is 109 Å². The molecule has 0 heterocycles. The van der Waals surface area contributed by atoms with E-state index in [0.717, 1.165) is 11.1 Å². The molecule has 0 aliphatic heterocycles. The molecule has 0 saturated carbocycles. The molecule has 0 bridgehead atoms. The standard InChI is InChI=1S/C31H44N2O5Si/c1-30(2,3)37-29(36)33-26(19-22-13-10-9-11-14-22)27(38-39(7,8)31(4,5)6)20-25(28(34)35)18-23-15-12-16-24(17-23)21-32/h9-17,25-27H,18-20H2,1-8H3,(H,33,36)(H,34,35). The van der Waals surface area contributed by atoms with Crippen molar-refractivity contribution in [2.24, 2.45) is 5.92 Å². The van der Waals surface area contributed by atoms with Crippen molar-refractivity contribution < 1.29 is 23.9 Å². The van der Waals surface area contributed by atoms with Crippen LogP contribution < -0.4 is 5.32 Å². The van der Waals surface area contributed by atoms with Gasteiger partial charge in [-0.05, 0) is 81.4 Å². The minimum atomic E-state index is -2.38. The van der Waals surface area contributed by atoms with Gasteiger partial charge in [0.2, 0.25) is 0 Å². The third-order valence-electron chi connectivity index (χ3n) is 7.11. The Morgan fingerprint density at radius 2 is 1.59 bits per heavy atom. The average molecular weight is 553 g/mol.